The molecular weight excluding hydrogens is 267 g/mol. The van der Waals surface area contributed by atoms with E-state index in [1.165, 1.54) is 6.07 Å². The number of nitrogens with zero attached hydrogens (tertiary/aromatic N) is 3. The van der Waals surface area contributed by atoms with Crippen molar-refractivity contribution in [2.24, 2.45) is 7.05 Å². The van der Waals surface area contributed by atoms with Gasteiger partial charge >= 0.3 is 0 Å². The topological polar surface area (TPSA) is 53.6 Å². The summed E-state index contributed by atoms with van der Waals surface area (Å²) in [6, 6.07) is 14.3. The van der Waals surface area contributed by atoms with Crippen LogP contribution in [0, 0.1) is 17.1 Å². The molecule has 21 heavy (non-hydrogen) atoms. The molecule has 4 nitrogen and oxygen atoms in total. The van der Waals surface area contributed by atoms with Gasteiger partial charge in [-0.1, -0.05) is 24.3 Å². The van der Waals surface area contributed by atoms with Gasteiger partial charge in [0, 0.05) is 12.4 Å². The summed E-state index contributed by atoms with van der Waals surface area (Å²) in [6.45, 7) is 0.430. The van der Waals surface area contributed by atoms with Gasteiger partial charge in [-0.25, -0.2) is 4.39 Å². The highest BCUT2D eigenvalue weighted by atomic mass is 19.1. The summed E-state index contributed by atoms with van der Waals surface area (Å²) in [7, 11) is 1.88. The Bertz CT molecular complexity index is 845. The Labute approximate surface area is 121 Å². The first-order chi connectivity index (χ1) is 10.2. The van der Waals surface area contributed by atoms with Gasteiger partial charge in [0.25, 0.3) is 0 Å². The molecule has 5 heteroatoms. The maximum atomic E-state index is 13.6. The van der Waals surface area contributed by atoms with E-state index >= 15 is 0 Å². The van der Waals surface area contributed by atoms with Gasteiger partial charge in [-0.15, -0.1) is 0 Å². The molecule has 0 radical (unpaired) electrons. The molecule has 104 valence electrons. The second kappa shape index (κ2) is 5.25. The van der Waals surface area contributed by atoms with Crippen molar-refractivity contribution >= 4 is 16.6 Å². The summed E-state index contributed by atoms with van der Waals surface area (Å²) >= 11 is 0. The average molecular weight is 280 g/mol. The standard InChI is InChI=1S/C16H13FN4/c1-21-16-8-3-2-5-11(16)15(20-21)10-19-14-7-4-6-13(17)12(14)9-18/h2-8,19H,10H2,1H3. The van der Waals surface area contributed by atoms with Gasteiger partial charge in [0.2, 0.25) is 0 Å². The lowest BCUT2D eigenvalue weighted by molar-refractivity contribution is 0.624. The summed E-state index contributed by atoms with van der Waals surface area (Å²) < 4.78 is 15.4. The zero-order chi connectivity index (χ0) is 14.8. The summed E-state index contributed by atoms with van der Waals surface area (Å²) in [5.41, 5.74) is 2.40. The largest absolute Gasteiger partial charge is 0.378 e. The van der Waals surface area contributed by atoms with E-state index in [4.69, 9.17) is 5.26 Å². The molecule has 0 unspecified atom stereocenters. The summed E-state index contributed by atoms with van der Waals surface area (Å²) in [5, 5.41) is 17.6. The minimum Gasteiger partial charge on any atom is -0.378 e. The van der Waals surface area contributed by atoms with E-state index in [0.29, 0.717) is 12.2 Å². The fourth-order valence-electron chi connectivity index (χ4n) is 2.38. The molecule has 2 aromatic carbocycles. The van der Waals surface area contributed by atoms with Crippen LogP contribution in [0.4, 0.5) is 10.1 Å². The Kier molecular flexibility index (Phi) is 3.28. The molecule has 3 rings (SSSR count). The first-order valence-electron chi connectivity index (χ1n) is 6.54. The third kappa shape index (κ3) is 2.32. The van der Waals surface area contributed by atoms with Crippen molar-refractivity contribution in [2.75, 3.05) is 5.32 Å². The molecule has 1 N–H and O–H groups in total. The number of hydrogen-bond donors (Lipinski definition) is 1. The molecule has 0 spiro atoms. The van der Waals surface area contributed by atoms with Crippen molar-refractivity contribution in [3.05, 3.63) is 59.5 Å². The third-order valence-corrected chi connectivity index (χ3v) is 3.41. The van der Waals surface area contributed by atoms with E-state index in [9.17, 15) is 4.39 Å². The van der Waals surface area contributed by atoms with E-state index in [-0.39, 0.29) is 5.56 Å². The maximum Gasteiger partial charge on any atom is 0.143 e. The minimum absolute atomic E-state index is 0.0257. The van der Waals surface area contributed by atoms with Gasteiger partial charge in [0.1, 0.15) is 17.4 Å². The van der Waals surface area contributed by atoms with Crippen LogP contribution >= 0.6 is 0 Å². The predicted molar refractivity (Wildman–Crippen MR) is 79.2 cm³/mol. The third-order valence-electron chi connectivity index (χ3n) is 3.41. The molecule has 3 aromatic rings. The SMILES string of the molecule is Cn1nc(CNc2cccc(F)c2C#N)c2ccccc21. The fraction of sp³-hybridized carbons (Fsp3) is 0.125. The van der Waals surface area contributed by atoms with Gasteiger partial charge in [-0.05, 0) is 18.2 Å². The highest BCUT2D eigenvalue weighted by molar-refractivity contribution is 5.82. The van der Waals surface area contributed by atoms with Crippen LogP contribution in [0.3, 0.4) is 0 Å². The van der Waals surface area contributed by atoms with Crippen LogP contribution in [0.25, 0.3) is 10.9 Å². The molecule has 0 aliphatic carbocycles. The first-order valence-corrected chi connectivity index (χ1v) is 6.54. The molecule has 0 saturated carbocycles. The summed E-state index contributed by atoms with van der Waals surface area (Å²) in [4.78, 5) is 0. The zero-order valence-electron chi connectivity index (χ0n) is 11.5. The lowest BCUT2D eigenvalue weighted by Crippen LogP contribution is -2.04. The number of aryl methyl sites for hydroxylation is 1. The number of nitriles is 1. The molecule has 1 heterocycles. The summed E-state index contributed by atoms with van der Waals surface area (Å²) in [6.07, 6.45) is 0. The molecule has 0 bridgehead atoms. The number of para-hydroxylation sites is 1. The number of benzene rings is 2. The van der Waals surface area contributed by atoms with Crippen molar-refractivity contribution in [3.8, 4) is 6.07 Å². The lowest BCUT2D eigenvalue weighted by atomic mass is 10.1. The Balaban J connectivity index is 1.91. The van der Waals surface area contributed by atoms with Gasteiger partial charge in [0.15, 0.2) is 0 Å². The monoisotopic (exact) mass is 280 g/mol. The van der Waals surface area contributed by atoms with Crippen molar-refractivity contribution in [1.82, 2.24) is 9.78 Å². The Morgan fingerprint density at radius 1 is 1.24 bits per heavy atom. The Morgan fingerprint density at radius 3 is 2.86 bits per heavy atom. The van der Waals surface area contributed by atoms with Crippen molar-refractivity contribution in [3.63, 3.8) is 0 Å². The van der Waals surface area contributed by atoms with Crippen molar-refractivity contribution in [1.29, 1.82) is 5.26 Å². The average Bonchev–Trinajstić information content (AvgIpc) is 2.82. The second-order valence-electron chi connectivity index (χ2n) is 4.72. The number of aromatic nitrogens is 2. The maximum absolute atomic E-state index is 13.6. The normalized spacial score (nSPS) is 10.5. The van der Waals surface area contributed by atoms with Crippen LogP contribution in [0.15, 0.2) is 42.5 Å². The van der Waals surface area contributed by atoms with Crippen LogP contribution in [-0.4, -0.2) is 9.78 Å². The van der Waals surface area contributed by atoms with E-state index in [2.05, 4.69) is 10.4 Å². The molecule has 0 saturated heterocycles. The highest BCUT2D eigenvalue weighted by Gasteiger charge is 2.10. The molecular formula is C16H13FN4. The Morgan fingerprint density at radius 2 is 2.05 bits per heavy atom. The molecule has 0 aliphatic heterocycles. The van der Waals surface area contributed by atoms with Gasteiger partial charge < -0.3 is 5.32 Å². The number of halogens is 1. The quantitative estimate of drug-likeness (QED) is 0.801. The molecule has 0 aliphatic rings. The van der Waals surface area contributed by atoms with Crippen LogP contribution < -0.4 is 5.32 Å². The minimum atomic E-state index is -0.520. The van der Waals surface area contributed by atoms with Crippen LogP contribution in [-0.2, 0) is 13.6 Å². The van der Waals surface area contributed by atoms with E-state index in [0.717, 1.165) is 16.6 Å². The van der Waals surface area contributed by atoms with Gasteiger partial charge in [-0.3, -0.25) is 4.68 Å². The van der Waals surface area contributed by atoms with Crippen molar-refractivity contribution < 1.29 is 4.39 Å². The molecule has 0 atom stereocenters. The predicted octanol–water partition coefficient (Wildman–Crippen LogP) is 3.20. The highest BCUT2D eigenvalue weighted by Crippen LogP contribution is 2.21. The van der Waals surface area contributed by atoms with E-state index in [1.54, 1.807) is 12.1 Å². The Hall–Kier alpha value is -2.87. The summed E-state index contributed by atoms with van der Waals surface area (Å²) in [5.74, 6) is -0.520. The van der Waals surface area contributed by atoms with Crippen LogP contribution in [0.5, 0.6) is 0 Å². The number of nitrogens with one attached hydrogen (secondary N) is 1. The zero-order valence-corrected chi connectivity index (χ0v) is 11.5. The van der Waals surface area contributed by atoms with Gasteiger partial charge in [-0.2, -0.15) is 10.4 Å². The molecule has 1 aromatic heterocycles. The van der Waals surface area contributed by atoms with Crippen LogP contribution in [0.1, 0.15) is 11.3 Å². The smallest absolute Gasteiger partial charge is 0.143 e. The van der Waals surface area contributed by atoms with E-state index < -0.39 is 5.82 Å². The van der Waals surface area contributed by atoms with E-state index in [1.807, 2.05) is 42.1 Å². The lowest BCUT2D eigenvalue weighted by Gasteiger charge is -2.07. The number of fused-ring (bicyclic) bond motifs is 1. The fourth-order valence-corrected chi connectivity index (χ4v) is 2.38. The molecule has 0 fully saturated rings. The van der Waals surface area contributed by atoms with Crippen molar-refractivity contribution in [2.45, 2.75) is 6.54 Å². The van der Waals surface area contributed by atoms with Crippen LogP contribution in [0.2, 0.25) is 0 Å². The number of hydrogen-bond acceptors (Lipinski definition) is 3. The number of anilines is 1. The molecule has 0 amide bonds. The first kappa shape index (κ1) is 13.1. The van der Waals surface area contributed by atoms with Gasteiger partial charge in [0.05, 0.1) is 23.4 Å². The second-order valence-corrected chi connectivity index (χ2v) is 4.72. The number of rotatable bonds is 3.